The Morgan fingerprint density at radius 3 is 2.79 bits per heavy atom. The van der Waals surface area contributed by atoms with Gasteiger partial charge in [0.1, 0.15) is 11.6 Å². The summed E-state index contributed by atoms with van der Waals surface area (Å²) in [5.41, 5.74) is 2.46. The van der Waals surface area contributed by atoms with Crippen LogP contribution >= 0.6 is 27.5 Å². The van der Waals surface area contributed by atoms with Crippen molar-refractivity contribution in [3.8, 4) is 5.69 Å². The molecule has 0 N–H and O–H groups in total. The van der Waals surface area contributed by atoms with Crippen molar-refractivity contribution in [1.29, 1.82) is 0 Å². The molecule has 0 aliphatic heterocycles. The van der Waals surface area contributed by atoms with E-state index in [0.29, 0.717) is 5.82 Å². The summed E-state index contributed by atoms with van der Waals surface area (Å²) in [6, 6.07) is 12.2. The zero-order valence-corrected chi connectivity index (χ0v) is 12.1. The molecule has 0 spiro atoms. The Morgan fingerprint density at radius 2 is 2.05 bits per heavy atom. The van der Waals surface area contributed by atoms with Gasteiger partial charge in [-0.2, -0.15) is 0 Å². The number of imidazole rings is 1. The molecule has 0 bridgehead atoms. The van der Waals surface area contributed by atoms with Crippen molar-refractivity contribution in [2.75, 3.05) is 0 Å². The van der Waals surface area contributed by atoms with Crippen LogP contribution in [0.25, 0.3) is 16.7 Å². The molecule has 3 rings (SSSR count). The topological polar surface area (TPSA) is 17.8 Å². The average molecular weight is 340 g/mol. The van der Waals surface area contributed by atoms with Gasteiger partial charge in [0.15, 0.2) is 0 Å². The number of benzene rings is 2. The first-order valence-electron chi connectivity index (χ1n) is 5.68. The van der Waals surface area contributed by atoms with Gasteiger partial charge >= 0.3 is 0 Å². The molecule has 1 aromatic heterocycles. The quantitative estimate of drug-likeness (QED) is 0.621. The standard InChI is InChI=1S/C14H9BrClFN2/c15-9-4-5-13-12(6-9)18-14(8-16)19(13)11-3-1-2-10(17)7-11/h1-7H,8H2. The van der Waals surface area contributed by atoms with Crippen molar-refractivity contribution < 1.29 is 4.39 Å². The minimum Gasteiger partial charge on any atom is -0.295 e. The summed E-state index contributed by atoms with van der Waals surface area (Å²) in [6.45, 7) is 0. The van der Waals surface area contributed by atoms with Crippen molar-refractivity contribution in [3.05, 3.63) is 58.6 Å². The lowest BCUT2D eigenvalue weighted by atomic mass is 10.2. The fourth-order valence-electron chi connectivity index (χ4n) is 2.10. The second-order valence-corrected chi connectivity index (χ2v) is 5.29. The van der Waals surface area contributed by atoms with Gasteiger partial charge < -0.3 is 0 Å². The fraction of sp³-hybridized carbons (Fsp3) is 0.0714. The third-order valence-corrected chi connectivity index (χ3v) is 3.60. The Labute approximate surface area is 123 Å². The highest BCUT2D eigenvalue weighted by Crippen LogP contribution is 2.25. The first-order chi connectivity index (χ1) is 9.19. The van der Waals surface area contributed by atoms with E-state index in [1.54, 1.807) is 6.07 Å². The lowest BCUT2D eigenvalue weighted by Gasteiger charge is -2.07. The Bertz CT molecular complexity index is 754. The molecule has 2 nitrogen and oxygen atoms in total. The Hall–Kier alpha value is -1.39. The predicted octanol–water partition coefficient (Wildman–Crippen LogP) is 4.67. The van der Waals surface area contributed by atoms with Crippen molar-refractivity contribution in [1.82, 2.24) is 9.55 Å². The molecule has 1 heterocycles. The summed E-state index contributed by atoms with van der Waals surface area (Å²) in [7, 11) is 0. The molecule has 0 atom stereocenters. The minimum absolute atomic E-state index is 0.267. The predicted molar refractivity (Wildman–Crippen MR) is 78.3 cm³/mol. The van der Waals surface area contributed by atoms with Gasteiger partial charge in [0.2, 0.25) is 0 Å². The highest BCUT2D eigenvalue weighted by molar-refractivity contribution is 9.10. The van der Waals surface area contributed by atoms with Crippen molar-refractivity contribution in [2.24, 2.45) is 0 Å². The Balaban J connectivity index is 2.32. The molecule has 0 radical (unpaired) electrons. The lowest BCUT2D eigenvalue weighted by Crippen LogP contribution is -1.99. The largest absolute Gasteiger partial charge is 0.295 e. The van der Waals surface area contributed by atoms with E-state index >= 15 is 0 Å². The van der Waals surface area contributed by atoms with E-state index < -0.39 is 0 Å². The number of hydrogen-bond acceptors (Lipinski definition) is 1. The van der Waals surface area contributed by atoms with Gasteiger partial charge in [-0.15, -0.1) is 11.6 Å². The molecule has 0 fully saturated rings. The molecule has 19 heavy (non-hydrogen) atoms. The van der Waals surface area contributed by atoms with E-state index in [9.17, 15) is 4.39 Å². The van der Waals surface area contributed by atoms with Crippen LogP contribution < -0.4 is 0 Å². The van der Waals surface area contributed by atoms with E-state index in [-0.39, 0.29) is 11.7 Å². The highest BCUT2D eigenvalue weighted by Gasteiger charge is 2.12. The summed E-state index contributed by atoms with van der Waals surface area (Å²) in [6.07, 6.45) is 0. The zero-order valence-electron chi connectivity index (χ0n) is 9.78. The van der Waals surface area contributed by atoms with Crippen LogP contribution in [-0.2, 0) is 5.88 Å². The molecule has 0 aliphatic rings. The van der Waals surface area contributed by atoms with Crippen LogP contribution in [0, 0.1) is 5.82 Å². The van der Waals surface area contributed by atoms with Crippen LogP contribution in [0.5, 0.6) is 0 Å². The maximum atomic E-state index is 13.4. The van der Waals surface area contributed by atoms with E-state index in [4.69, 9.17) is 11.6 Å². The third kappa shape index (κ3) is 2.26. The summed E-state index contributed by atoms with van der Waals surface area (Å²) < 4.78 is 16.2. The number of nitrogens with zero attached hydrogens (tertiary/aromatic N) is 2. The maximum Gasteiger partial charge on any atom is 0.129 e. The van der Waals surface area contributed by atoms with Gasteiger partial charge in [0.05, 0.1) is 22.6 Å². The van der Waals surface area contributed by atoms with Gasteiger partial charge in [-0.3, -0.25) is 4.57 Å². The lowest BCUT2D eigenvalue weighted by molar-refractivity contribution is 0.626. The first-order valence-corrected chi connectivity index (χ1v) is 7.00. The van der Waals surface area contributed by atoms with Crippen LogP contribution in [0.4, 0.5) is 4.39 Å². The van der Waals surface area contributed by atoms with Crippen molar-refractivity contribution in [2.45, 2.75) is 5.88 Å². The van der Waals surface area contributed by atoms with Crippen LogP contribution in [-0.4, -0.2) is 9.55 Å². The molecule has 0 saturated carbocycles. The number of hydrogen-bond donors (Lipinski definition) is 0. The van der Waals surface area contributed by atoms with Crippen LogP contribution in [0.1, 0.15) is 5.82 Å². The number of halogens is 3. The number of rotatable bonds is 2. The van der Waals surface area contributed by atoms with Crippen LogP contribution in [0.3, 0.4) is 0 Å². The molecule has 96 valence electrons. The highest BCUT2D eigenvalue weighted by atomic mass is 79.9. The second kappa shape index (κ2) is 4.94. The van der Waals surface area contributed by atoms with Gasteiger partial charge in [0.25, 0.3) is 0 Å². The molecule has 3 aromatic rings. The van der Waals surface area contributed by atoms with E-state index in [0.717, 1.165) is 21.2 Å². The van der Waals surface area contributed by atoms with E-state index in [1.807, 2.05) is 28.8 Å². The molecule has 0 aliphatic carbocycles. The maximum absolute atomic E-state index is 13.4. The van der Waals surface area contributed by atoms with Gasteiger partial charge in [-0.05, 0) is 36.4 Å². The summed E-state index contributed by atoms with van der Waals surface area (Å²) in [5, 5.41) is 0. The summed E-state index contributed by atoms with van der Waals surface area (Å²) in [5.74, 6) is 0.681. The van der Waals surface area contributed by atoms with Gasteiger partial charge in [0, 0.05) is 4.47 Å². The Kier molecular flexibility index (Phi) is 3.29. The van der Waals surface area contributed by atoms with Crippen LogP contribution in [0.2, 0.25) is 0 Å². The zero-order chi connectivity index (χ0) is 13.4. The van der Waals surface area contributed by atoms with Crippen LogP contribution in [0.15, 0.2) is 46.9 Å². The Morgan fingerprint density at radius 1 is 1.21 bits per heavy atom. The number of aromatic nitrogens is 2. The second-order valence-electron chi connectivity index (χ2n) is 4.11. The van der Waals surface area contributed by atoms with E-state index in [2.05, 4.69) is 20.9 Å². The smallest absolute Gasteiger partial charge is 0.129 e. The molecule has 5 heteroatoms. The molecular weight excluding hydrogens is 331 g/mol. The van der Waals surface area contributed by atoms with Gasteiger partial charge in [-0.25, -0.2) is 9.37 Å². The summed E-state index contributed by atoms with van der Waals surface area (Å²) >= 11 is 9.36. The van der Waals surface area contributed by atoms with Gasteiger partial charge in [-0.1, -0.05) is 22.0 Å². The SMILES string of the molecule is Fc1cccc(-n2c(CCl)nc3cc(Br)ccc32)c1. The monoisotopic (exact) mass is 338 g/mol. The molecule has 0 amide bonds. The first kappa shape index (κ1) is 12.6. The molecular formula is C14H9BrClFN2. The average Bonchev–Trinajstić information content (AvgIpc) is 2.76. The van der Waals surface area contributed by atoms with Crippen molar-refractivity contribution >= 4 is 38.6 Å². The number of alkyl halides is 1. The molecule has 0 saturated heterocycles. The summed E-state index contributed by atoms with van der Waals surface area (Å²) in [4.78, 5) is 4.48. The normalized spacial score (nSPS) is 11.1. The van der Waals surface area contributed by atoms with Crippen molar-refractivity contribution in [3.63, 3.8) is 0 Å². The molecule has 2 aromatic carbocycles. The molecule has 0 unspecified atom stereocenters. The van der Waals surface area contributed by atoms with E-state index in [1.165, 1.54) is 12.1 Å². The fourth-order valence-corrected chi connectivity index (χ4v) is 2.62. The third-order valence-electron chi connectivity index (χ3n) is 2.87. The number of fused-ring (bicyclic) bond motifs is 1. The minimum atomic E-state index is -0.281.